The molecule has 0 unspecified atom stereocenters. The first-order chi connectivity index (χ1) is 12.6. The average Bonchev–Trinajstić information content (AvgIpc) is 3.26. The van der Waals surface area contributed by atoms with Crippen molar-refractivity contribution in [2.45, 2.75) is 98.4 Å². The van der Waals surface area contributed by atoms with E-state index in [4.69, 9.17) is 4.99 Å². The van der Waals surface area contributed by atoms with Crippen LogP contribution in [0.5, 0.6) is 0 Å². The number of aliphatic imine (C=N–C) groups is 1. The van der Waals surface area contributed by atoms with Gasteiger partial charge >= 0.3 is 0 Å². The van der Waals surface area contributed by atoms with Crippen LogP contribution in [0, 0.1) is 16.7 Å². The standard InChI is InChI=1S/C22H39N3O2S/c1-14(2)18-17-12-15(24-28(26,27)16-10-11-16)13-25(17)19(20(3,4)5)23-22(18,9)21(6,7)8/h14-16,24H,10-13H2,1-9H3/t15-,22+/m0/s1. The normalized spacial score (nSPS) is 29.4. The summed E-state index contributed by atoms with van der Waals surface area (Å²) < 4.78 is 28.1. The van der Waals surface area contributed by atoms with Gasteiger partial charge in [-0.2, -0.15) is 0 Å². The minimum atomic E-state index is -3.20. The molecular formula is C22H39N3O2S. The highest BCUT2D eigenvalue weighted by Crippen LogP contribution is 2.50. The van der Waals surface area contributed by atoms with Crippen LogP contribution in [0.2, 0.25) is 0 Å². The van der Waals surface area contributed by atoms with Crippen molar-refractivity contribution in [1.82, 2.24) is 9.62 Å². The summed E-state index contributed by atoms with van der Waals surface area (Å²) in [4.78, 5) is 7.71. The monoisotopic (exact) mass is 409 g/mol. The summed E-state index contributed by atoms with van der Waals surface area (Å²) in [5, 5.41) is -0.181. The lowest BCUT2D eigenvalue weighted by atomic mass is 9.66. The van der Waals surface area contributed by atoms with Crippen LogP contribution < -0.4 is 4.72 Å². The fourth-order valence-electron chi connectivity index (χ4n) is 4.65. The Morgan fingerprint density at radius 1 is 1.14 bits per heavy atom. The lowest BCUT2D eigenvalue weighted by Crippen LogP contribution is -2.52. The Kier molecular flexibility index (Phi) is 5.11. The van der Waals surface area contributed by atoms with Gasteiger partial charge in [-0.05, 0) is 36.7 Å². The van der Waals surface area contributed by atoms with Gasteiger partial charge < -0.3 is 4.90 Å². The molecule has 6 heteroatoms. The van der Waals surface area contributed by atoms with Gasteiger partial charge in [0, 0.05) is 30.1 Å². The summed E-state index contributed by atoms with van der Waals surface area (Å²) in [6.07, 6.45) is 2.34. The van der Waals surface area contributed by atoms with Crippen molar-refractivity contribution in [2.75, 3.05) is 6.54 Å². The lowest BCUT2D eigenvalue weighted by molar-refractivity contribution is 0.218. The number of hydrogen-bond donors (Lipinski definition) is 1. The molecular weight excluding hydrogens is 370 g/mol. The summed E-state index contributed by atoms with van der Waals surface area (Å²) in [6.45, 7) is 20.8. The van der Waals surface area contributed by atoms with E-state index in [0.717, 1.165) is 25.1 Å². The van der Waals surface area contributed by atoms with Crippen molar-refractivity contribution in [2.24, 2.45) is 21.7 Å². The molecule has 2 aliphatic heterocycles. The Hall–Kier alpha value is -0.880. The zero-order chi connectivity index (χ0) is 21.3. The van der Waals surface area contributed by atoms with E-state index in [1.807, 2.05) is 0 Å². The Bertz CT molecular complexity index is 808. The van der Waals surface area contributed by atoms with Crippen LogP contribution in [0.1, 0.15) is 81.6 Å². The third kappa shape index (κ3) is 3.67. The molecule has 1 saturated heterocycles. The van der Waals surface area contributed by atoms with Gasteiger partial charge in [-0.1, -0.05) is 55.4 Å². The Morgan fingerprint density at radius 3 is 2.14 bits per heavy atom. The van der Waals surface area contributed by atoms with E-state index in [1.54, 1.807) is 0 Å². The Balaban J connectivity index is 2.08. The first-order valence-corrected chi connectivity index (χ1v) is 12.2. The van der Waals surface area contributed by atoms with Crippen LogP contribution in [-0.4, -0.2) is 42.5 Å². The van der Waals surface area contributed by atoms with Crippen molar-refractivity contribution in [3.8, 4) is 0 Å². The number of sulfonamides is 1. The topological polar surface area (TPSA) is 61.8 Å². The number of amidine groups is 1. The van der Waals surface area contributed by atoms with Crippen molar-refractivity contribution in [3.63, 3.8) is 0 Å². The average molecular weight is 410 g/mol. The van der Waals surface area contributed by atoms with Gasteiger partial charge in [0.05, 0.1) is 10.8 Å². The van der Waals surface area contributed by atoms with Gasteiger partial charge in [0.1, 0.15) is 5.84 Å². The first-order valence-electron chi connectivity index (χ1n) is 10.7. The molecule has 160 valence electrons. The second kappa shape index (κ2) is 6.56. The summed E-state index contributed by atoms with van der Waals surface area (Å²) in [6, 6.07) is -0.0794. The number of rotatable bonds is 4. The molecule has 3 rings (SSSR count). The van der Waals surface area contributed by atoms with Gasteiger partial charge in [-0.25, -0.2) is 13.1 Å². The Morgan fingerprint density at radius 2 is 1.71 bits per heavy atom. The predicted molar refractivity (Wildman–Crippen MR) is 117 cm³/mol. The molecule has 0 bridgehead atoms. The maximum absolute atomic E-state index is 12.6. The highest BCUT2D eigenvalue weighted by atomic mass is 32.2. The quantitative estimate of drug-likeness (QED) is 0.752. The first kappa shape index (κ1) is 21.8. The summed E-state index contributed by atoms with van der Waals surface area (Å²) in [7, 11) is -3.20. The number of hydrogen-bond acceptors (Lipinski definition) is 4. The number of fused-ring (bicyclic) bond motifs is 1. The molecule has 0 aromatic rings. The van der Waals surface area contributed by atoms with Gasteiger partial charge in [-0.3, -0.25) is 4.99 Å². The molecule has 0 aromatic carbocycles. The van der Waals surface area contributed by atoms with Crippen molar-refractivity contribution >= 4 is 15.9 Å². The molecule has 0 amide bonds. The van der Waals surface area contributed by atoms with Gasteiger partial charge in [0.2, 0.25) is 10.0 Å². The van der Waals surface area contributed by atoms with Crippen LogP contribution >= 0.6 is 0 Å². The summed E-state index contributed by atoms with van der Waals surface area (Å²) >= 11 is 0. The molecule has 5 nitrogen and oxygen atoms in total. The van der Waals surface area contributed by atoms with Crippen LogP contribution in [0.3, 0.4) is 0 Å². The third-order valence-electron chi connectivity index (χ3n) is 6.59. The molecule has 2 fully saturated rings. The largest absolute Gasteiger partial charge is 0.332 e. The minimum absolute atomic E-state index is 0.0339. The summed E-state index contributed by atoms with van der Waals surface area (Å²) in [5.74, 6) is 1.43. The zero-order valence-electron chi connectivity index (χ0n) is 19.2. The molecule has 0 radical (unpaired) electrons. The van der Waals surface area contributed by atoms with E-state index in [0.29, 0.717) is 12.5 Å². The Labute approximate surface area is 172 Å². The molecule has 0 aromatic heterocycles. The van der Waals surface area contributed by atoms with Crippen LogP contribution in [0.4, 0.5) is 0 Å². The van der Waals surface area contributed by atoms with Crippen LogP contribution in [0.15, 0.2) is 16.3 Å². The molecule has 0 spiro atoms. The van der Waals surface area contributed by atoms with Crippen LogP contribution in [-0.2, 0) is 10.0 Å². The molecule has 2 heterocycles. The zero-order valence-corrected chi connectivity index (χ0v) is 20.0. The van der Waals surface area contributed by atoms with Crippen LogP contribution in [0.25, 0.3) is 0 Å². The maximum Gasteiger partial charge on any atom is 0.214 e. The second-order valence-corrected chi connectivity index (χ2v) is 13.4. The SMILES string of the molecule is CC(C)C1=C2C[C@H](NS(=O)(=O)C3CC3)CN2C(C(C)(C)C)=N[C@@]1(C)C(C)(C)C. The molecule has 2 atom stereocenters. The molecule has 3 aliphatic rings. The van der Waals surface area contributed by atoms with E-state index in [1.165, 1.54) is 11.3 Å². The van der Waals surface area contributed by atoms with E-state index in [9.17, 15) is 8.42 Å². The molecule has 1 saturated carbocycles. The molecule has 1 aliphatic carbocycles. The number of nitrogens with one attached hydrogen (secondary N) is 1. The highest BCUT2D eigenvalue weighted by molar-refractivity contribution is 7.90. The van der Waals surface area contributed by atoms with E-state index >= 15 is 0 Å². The second-order valence-electron chi connectivity index (χ2n) is 11.4. The van der Waals surface area contributed by atoms with E-state index in [2.05, 4.69) is 71.9 Å². The third-order valence-corrected chi connectivity index (χ3v) is 8.60. The van der Waals surface area contributed by atoms with Gasteiger partial charge in [0.15, 0.2) is 0 Å². The predicted octanol–water partition coefficient (Wildman–Crippen LogP) is 4.32. The summed E-state index contributed by atoms with van der Waals surface area (Å²) in [5.41, 5.74) is 2.20. The van der Waals surface area contributed by atoms with Crippen molar-refractivity contribution in [1.29, 1.82) is 0 Å². The van der Waals surface area contributed by atoms with E-state index < -0.39 is 10.0 Å². The lowest BCUT2D eigenvalue weighted by Gasteiger charge is -2.50. The maximum atomic E-state index is 12.6. The fraction of sp³-hybridized carbons (Fsp3) is 0.864. The van der Waals surface area contributed by atoms with Gasteiger partial charge in [0.25, 0.3) is 0 Å². The smallest absolute Gasteiger partial charge is 0.214 e. The van der Waals surface area contributed by atoms with Crippen molar-refractivity contribution in [3.05, 3.63) is 11.3 Å². The minimum Gasteiger partial charge on any atom is -0.332 e. The highest BCUT2D eigenvalue weighted by Gasteiger charge is 2.51. The van der Waals surface area contributed by atoms with E-state index in [-0.39, 0.29) is 27.7 Å². The fourth-order valence-corrected chi connectivity index (χ4v) is 6.22. The van der Waals surface area contributed by atoms with Crippen molar-refractivity contribution < 1.29 is 8.42 Å². The molecule has 28 heavy (non-hydrogen) atoms. The number of nitrogens with zero attached hydrogens (tertiary/aromatic N) is 2. The molecule has 1 N–H and O–H groups in total. The van der Waals surface area contributed by atoms with Gasteiger partial charge in [-0.15, -0.1) is 0 Å².